The van der Waals surface area contributed by atoms with Crippen LogP contribution in [-0.4, -0.2) is 12.2 Å². The van der Waals surface area contributed by atoms with Crippen LogP contribution < -0.4 is 5.32 Å². The normalized spacial score (nSPS) is 13.5. The quantitative estimate of drug-likeness (QED) is 0.798. The number of nitrogens with one attached hydrogen (secondary N) is 1. The first kappa shape index (κ1) is 7.75. The van der Waals surface area contributed by atoms with E-state index in [1.807, 2.05) is 20.0 Å². The minimum Gasteiger partial charge on any atom is -0.349 e. The van der Waals surface area contributed by atoms with Crippen LogP contribution in [0.4, 0.5) is 0 Å². The zero-order chi connectivity index (χ0) is 7.56. The van der Waals surface area contributed by atoms with Gasteiger partial charge < -0.3 is 9.84 Å². The van der Waals surface area contributed by atoms with Crippen LogP contribution in [0.3, 0.4) is 0 Å². The largest absolute Gasteiger partial charge is 0.349 e. The molecule has 1 unspecified atom stereocenters. The third-order valence-electron chi connectivity index (χ3n) is 1.38. The molecule has 0 aliphatic heterocycles. The highest BCUT2D eigenvalue weighted by molar-refractivity contribution is 9.10. The Morgan fingerprint density at radius 1 is 1.80 bits per heavy atom. The molecule has 0 spiro atoms. The average Bonchev–Trinajstić information content (AvgIpc) is 2.34. The minimum absolute atomic E-state index is 0.245. The van der Waals surface area contributed by atoms with Crippen LogP contribution in [-0.2, 0) is 0 Å². The fourth-order valence-corrected chi connectivity index (χ4v) is 0.924. The van der Waals surface area contributed by atoms with E-state index in [-0.39, 0.29) is 6.04 Å². The number of nitrogens with zero attached hydrogens (tertiary/aromatic N) is 1. The van der Waals surface area contributed by atoms with Gasteiger partial charge in [0.2, 0.25) is 4.67 Å². The van der Waals surface area contributed by atoms with Crippen LogP contribution in [0.5, 0.6) is 0 Å². The summed E-state index contributed by atoms with van der Waals surface area (Å²) < 4.78 is 5.49. The summed E-state index contributed by atoms with van der Waals surface area (Å²) in [5, 5.41) is 6.85. The topological polar surface area (TPSA) is 38.1 Å². The molecule has 1 aromatic rings. The van der Waals surface area contributed by atoms with E-state index >= 15 is 0 Å². The summed E-state index contributed by atoms with van der Waals surface area (Å²) in [7, 11) is 1.88. The van der Waals surface area contributed by atoms with E-state index in [1.165, 1.54) is 0 Å². The van der Waals surface area contributed by atoms with Crippen molar-refractivity contribution in [1.82, 2.24) is 10.5 Å². The lowest BCUT2D eigenvalue weighted by molar-refractivity contribution is 0.385. The SMILES string of the molecule is CNC(C)c1cc(Br)on1. The van der Waals surface area contributed by atoms with Crippen LogP contribution in [0.15, 0.2) is 15.3 Å². The zero-order valence-corrected chi connectivity index (χ0v) is 7.47. The molecule has 0 amide bonds. The van der Waals surface area contributed by atoms with Crippen molar-refractivity contribution in [3.8, 4) is 0 Å². The monoisotopic (exact) mass is 204 g/mol. The van der Waals surface area contributed by atoms with E-state index in [9.17, 15) is 0 Å². The van der Waals surface area contributed by atoms with E-state index < -0.39 is 0 Å². The van der Waals surface area contributed by atoms with E-state index in [0.717, 1.165) is 5.69 Å². The van der Waals surface area contributed by atoms with Crippen molar-refractivity contribution in [2.45, 2.75) is 13.0 Å². The van der Waals surface area contributed by atoms with E-state index in [2.05, 4.69) is 26.4 Å². The molecule has 0 saturated heterocycles. The summed E-state index contributed by atoms with van der Waals surface area (Å²) in [5.74, 6) is 0. The van der Waals surface area contributed by atoms with Gasteiger partial charge in [0.15, 0.2) is 0 Å². The van der Waals surface area contributed by atoms with Gasteiger partial charge in [0, 0.05) is 12.1 Å². The molecule has 1 atom stereocenters. The lowest BCUT2D eigenvalue weighted by Gasteiger charge is -2.02. The highest BCUT2D eigenvalue weighted by Gasteiger charge is 2.06. The van der Waals surface area contributed by atoms with Crippen LogP contribution in [0.25, 0.3) is 0 Å². The van der Waals surface area contributed by atoms with Gasteiger partial charge in [-0.2, -0.15) is 0 Å². The summed E-state index contributed by atoms with van der Waals surface area (Å²) in [6, 6.07) is 2.09. The predicted octanol–water partition coefficient (Wildman–Crippen LogP) is 1.72. The molecule has 3 nitrogen and oxygen atoms in total. The molecule has 0 radical (unpaired) electrons. The van der Waals surface area contributed by atoms with Crippen molar-refractivity contribution in [1.29, 1.82) is 0 Å². The molecule has 0 aromatic carbocycles. The van der Waals surface area contributed by atoms with Gasteiger partial charge in [0.25, 0.3) is 0 Å². The molecule has 0 aliphatic rings. The van der Waals surface area contributed by atoms with Crippen LogP contribution >= 0.6 is 15.9 Å². The van der Waals surface area contributed by atoms with Gasteiger partial charge in [-0.15, -0.1) is 0 Å². The molecule has 0 fully saturated rings. The molecule has 56 valence electrons. The molecule has 1 N–H and O–H groups in total. The highest BCUT2D eigenvalue weighted by atomic mass is 79.9. The van der Waals surface area contributed by atoms with Gasteiger partial charge in [0.1, 0.15) is 5.69 Å². The van der Waals surface area contributed by atoms with Crippen molar-refractivity contribution < 1.29 is 4.52 Å². The Bertz CT molecular complexity index is 211. The molecule has 0 aliphatic carbocycles. The van der Waals surface area contributed by atoms with E-state index in [1.54, 1.807) is 0 Å². The summed E-state index contributed by atoms with van der Waals surface area (Å²) >= 11 is 3.17. The van der Waals surface area contributed by atoms with Gasteiger partial charge in [-0.1, -0.05) is 5.16 Å². The second-order valence-corrected chi connectivity index (χ2v) is 2.85. The Hall–Kier alpha value is -0.350. The molecule has 0 saturated carbocycles. The molecule has 4 heteroatoms. The summed E-state index contributed by atoms with van der Waals surface area (Å²) in [4.78, 5) is 0. The van der Waals surface area contributed by atoms with Crippen molar-refractivity contribution in [3.05, 3.63) is 16.4 Å². The van der Waals surface area contributed by atoms with Crippen LogP contribution in [0, 0.1) is 0 Å². The zero-order valence-electron chi connectivity index (χ0n) is 5.89. The smallest absolute Gasteiger partial charge is 0.202 e. The fraction of sp³-hybridized carbons (Fsp3) is 0.500. The number of aromatic nitrogens is 1. The van der Waals surface area contributed by atoms with Gasteiger partial charge in [-0.05, 0) is 29.9 Å². The first-order valence-electron chi connectivity index (χ1n) is 3.03. The minimum atomic E-state index is 0.245. The number of hydrogen-bond acceptors (Lipinski definition) is 3. The fourth-order valence-electron chi connectivity index (χ4n) is 0.617. The summed E-state index contributed by atoms with van der Waals surface area (Å²) in [6.07, 6.45) is 0. The number of halogens is 1. The Balaban J connectivity index is 2.74. The summed E-state index contributed by atoms with van der Waals surface area (Å²) in [6.45, 7) is 2.02. The van der Waals surface area contributed by atoms with E-state index in [0.29, 0.717) is 4.67 Å². The van der Waals surface area contributed by atoms with Gasteiger partial charge in [-0.25, -0.2) is 0 Å². The van der Waals surface area contributed by atoms with Gasteiger partial charge in [-0.3, -0.25) is 0 Å². The Kier molecular flexibility index (Phi) is 2.45. The Morgan fingerprint density at radius 3 is 2.90 bits per heavy atom. The first-order valence-corrected chi connectivity index (χ1v) is 3.82. The first-order chi connectivity index (χ1) is 4.74. The van der Waals surface area contributed by atoms with Crippen molar-refractivity contribution in [3.63, 3.8) is 0 Å². The highest BCUT2D eigenvalue weighted by Crippen LogP contribution is 2.15. The van der Waals surface area contributed by atoms with Crippen molar-refractivity contribution >= 4 is 15.9 Å². The lowest BCUT2D eigenvalue weighted by Crippen LogP contribution is -2.12. The van der Waals surface area contributed by atoms with Crippen LogP contribution in [0.2, 0.25) is 0 Å². The van der Waals surface area contributed by atoms with E-state index in [4.69, 9.17) is 4.52 Å². The molecule has 1 rings (SSSR count). The lowest BCUT2D eigenvalue weighted by atomic mass is 10.2. The molecular weight excluding hydrogens is 196 g/mol. The average molecular weight is 205 g/mol. The summed E-state index contributed by atoms with van der Waals surface area (Å²) in [5.41, 5.74) is 0.911. The molecule has 10 heavy (non-hydrogen) atoms. The molecule has 0 bridgehead atoms. The van der Waals surface area contributed by atoms with Crippen molar-refractivity contribution in [2.75, 3.05) is 7.05 Å². The third kappa shape index (κ3) is 1.58. The molecule has 1 heterocycles. The number of rotatable bonds is 2. The predicted molar refractivity (Wildman–Crippen MR) is 41.7 cm³/mol. The maximum absolute atomic E-state index is 4.81. The van der Waals surface area contributed by atoms with Gasteiger partial charge >= 0.3 is 0 Å². The Labute approximate surface area is 67.9 Å². The molecule has 1 aromatic heterocycles. The van der Waals surface area contributed by atoms with Crippen LogP contribution in [0.1, 0.15) is 18.7 Å². The maximum Gasteiger partial charge on any atom is 0.202 e. The van der Waals surface area contributed by atoms with Crippen molar-refractivity contribution in [2.24, 2.45) is 0 Å². The Morgan fingerprint density at radius 2 is 2.50 bits per heavy atom. The second-order valence-electron chi connectivity index (χ2n) is 2.07. The van der Waals surface area contributed by atoms with Gasteiger partial charge in [0.05, 0.1) is 0 Å². The maximum atomic E-state index is 4.81. The number of hydrogen-bond donors (Lipinski definition) is 1. The second kappa shape index (κ2) is 3.16. The third-order valence-corrected chi connectivity index (χ3v) is 1.75. The standard InChI is InChI=1S/C6H9BrN2O/c1-4(8-2)5-3-6(7)10-9-5/h3-4,8H,1-2H3. The molecular formula is C6H9BrN2O.